The number of hydrogen-bond acceptors (Lipinski definition) is 6. The van der Waals surface area contributed by atoms with Gasteiger partial charge < -0.3 is 24.1 Å². The second kappa shape index (κ2) is 10.00. The Morgan fingerprint density at radius 2 is 1.52 bits per heavy atom. The summed E-state index contributed by atoms with van der Waals surface area (Å²) in [5.74, 6) is 0.690. The molecule has 3 aromatic rings. The van der Waals surface area contributed by atoms with Crippen molar-refractivity contribution in [2.45, 2.75) is 25.2 Å². The Balaban J connectivity index is 1.79. The summed E-state index contributed by atoms with van der Waals surface area (Å²) >= 11 is 0. The predicted octanol–water partition coefficient (Wildman–Crippen LogP) is 4.32. The van der Waals surface area contributed by atoms with Gasteiger partial charge in [0.15, 0.2) is 11.5 Å². The number of carbonyl (C=O) groups is 1. The molecule has 6 nitrogen and oxygen atoms in total. The van der Waals surface area contributed by atoms with E-state index in [0.29, 0.717) is 29.4 Å². The average molecular weight is 422 g/mol. The Kier molecular flexibility index (Phi) is 7.15. The third-order valence-corrected chi connectivity index (χ3v) is 4.95. The van der Waals surface area contributed by atoms with Crippen molar-refractivity contribution in [2.24, 2.45) is 0 Å². The molecule has 0 fully saturated rings. The molecule has 0 aliphatic rings. The molecular weight excluding hydrogens is 396 g/mol. The Hall–Kier alpha value is -3.51. The van der Waals surface area contributed by atoms with Gasteiger partial charge in [-0.1, -0.05) is 54.6 Å². The standard InChI is InChI=1S/C25H26O6/c1-25(24(27)29-3,31-22-12-8-7-11-21(22)28-2)23(26)19-13-15-20(16-14-19)30-17-18-9-5-4-6-10-18/h4-16,23,26H,17H2,1-3H3. The Morgan fingerprint density at radius 1 is 0.903 bits per heavy atom. The smallest absolute Gasteiger partial charge is 0.353 e. The molecule has 31 heavy (non-hydrogen) atoms. The lowest BCUT2D eigenvalue weighted by Gasteiger charge is -2.33. The van der Waals surface area contributed by atoms with Crippen molar-refractivity contribution < 1.29 is 28.8 Å². The highest BCUT2D eigenvalue weighted by atomic mass is 16.6. The first-order valence-electron chi connectivity index (χ1n) is 9.83. The summed E-state index contributed by atoms with van der Waals surface area (Å²) in [4.78, 5) is 12.6. The van der Waals surface area contributed by atoms with Crippen LogP contribution in [0.1, 0.15) is 24.2 Å². The SMILES string of the molecule is COC(=O)C(C)(Oc1ccccc1OC)C(O)c1ccc(OCc2ccccc2)cc1. The first-order valence-corrected chi connectivity index (χ1v) is 9.83. The second-order valence-electron chi connectivity index (χ2n) is 7.10. The molecule has 0 heterocycles. The minimum absolute atomic E-state index is 0.319. The third-order valence-electron chi connectivity index (χ3n) is 4.95. The Labute approximate surface area is 182 Å². The van der Waals surface area contributed by atoms with Crippen molar-refractivity contribution in [1.29, 1.82) is 0 Å². The van der Waals surface area contributed by atoms with Crippen LogP contribution in [0.15, 0.2) is 78.9 Å². The molecule has 2 unspecified atom stereocenters. The zero-order valence-electron chi connectivity index (χ0n) is 17.8. The number of carbonyl (C=O) groups excluding carboxylic acids is 1. The van der Waals surface area contributed by atoms with E-state index in [1.54, 1.807) is 48.5 Å². The van der Waals surface area contributed by atoms with Gasteiger partial charge in [0.25, 0.3) is 0 Å². The maximum absolute atomic E-state index is 12.6. The van der Waals surface area contributed by atoms with Crippen LogP contribution in [0.3, 0.4) is 0 Å². The van der Waals surface area contributed by atoms with E-state index >= 15 is 0 Å². The number of methoxy groups -OCH3 is 2. The molecule has 0 bridgehead atoms. The van der Waals surface area contributed by atoms with E-state index in [0.717, 1.165) is 5.56 Å². The molecule has 3 aromatic carbocycles. The van der Waals surface area contributed by atoms with Crippen LogP contribution in [0.5, 0.6) is 17.2 Å². The second-order valence-corrected chi connectivity index (χ2v) is 7.10. The lowest BCUT2D eigenvalue weighted by Crippen LogP contribution is -2.48. The molecule has 0 aromatic heterocycles. The van der Waals surface area contributed by atoms with E-state index < -0.39 is 17.7 Å². The summed E-state index contributed by atoms with van der Waals surface area (Å²) < 4.78 is 22.0. The maximum Gasteiger partial charge on any atom is 0.353 e. The molecule has 0 saturated heterocycles. The van der Waals surface area contributed by atoms with Crippen molar-refractivity contribution in [2.75, 3.05) is 14.2 Å². The zero-order chi connectivity index (χ0) is 22.3. The highest BCUT2D eigenvalue weighted by Crippen LogP contribution is 2.36. The number of aliphatic hydroxyl groups is 1. The fourth-order valence-corrected chi connectivity index (χ4v) is 3.15. The van der Waals surface area contributed by atoms with Gasteiger partial charge >= 0.3 is 5.97 Å². The summed E-state index contributed by atoms with van der Waals surface area (Å²) in [7, 11) is 2.75. The number of rotatable bonds is 9. The van der Waals surface area contributed by atoms with Gasteiger partial charge in [-0.05, 0) is 42.3 Å². The van der Waals surface area contributed by atoms with Gasteiger partial charge in [0, 0.05) is 0 Å². The van der Waals surface area contributed by atoms with Crippen LogP contribution >= 0.6 is 0 Å². The van der Waals surface area contributed by atoms with Crippen LogP contribution in [0, 0.1) is 0 Å². The minimum Gasteiger partial charge on any atom is -0.493 e. The average Bonchev–Trinajstić information content (AvgIpc) is 2.83. The molecule has 2 atom stereocenters. The number of para-hydroxylation sites is 2. The van der Waals surface area contributed by atoms with E-state index in [4.69, 9.17) is 18.9 Å². The molecule has 162 valence electrons. The van der Waals surface area contributed by atoms with Crippen LogP contribution in [-0.2, 0) is 16.1 Å². The molecule has 0 saturated carbocycles. The Bertz CT molecular complexity index is 986. The highest BCUT2D eigenvalue weighted by Gasteiger charge is 2.46. The summed E-state index contributed by atoms with van der Waals surface area (Å²) in [6, 6.07) is 23.6. The van der Waals surface area contributed by atoms with Crippen LogP contribution in [0.2, 0.25) is 0 Å². The lowest BCUT2D eigenvalue weighted by molar-refractivity contribution is -0.168. The summed E-state index contributed by atoms with van der Waals surface area (Å²) in [5.41, 5.74) is -0.166. The van der Waals surface area contributed by atoms with Crippen molar-refractivity contribution in [3.05, 3.63) is 90.0 Å². The van der Waals surface area contributed by atoms with Gasteiger partial charge in [0.2, 0.25) is 5.60 Å². The van der Waals surface area contributed by atoms with Crippen molar-refractivity contribution in [3.8, 4) is 17.2 Å². The van der Waals surface area contributed by atoms with Crippen LogP contribution in [-0.4, -0.2) is 30.9 Å². The fraction of sp³-hybridized carbons (Fsp3) is 0.240. The molecule has 0 spiro atoms. The van der Waals surface area contributed by atoms with Crippen molar-refractivity contribution in [1.82, 2.24) is 0 Å². The van der Waals surface area contributed by atoms with E-state index in [1.165, 1.54) is 21.1 Å². The molecule has 6 heteroatoms. The summed E-state index contributed by atoms with van der Waals surface area (Å²) in [6.07, 6.45) is -1.30. The molecule has 1 N–H and O–H groups in total. The number of esters is 1. The minimum atomic E-state index is -1.70. The lowest BCUT2D eigenvalue weighted by atomic mass is 9.92. The molecule has 0 amide bonds. The van der Waals surface area contributed by atoms with Gasteiger partial charge in [0.05, 0.1) is 14.2 Å². The normalized spacial score (nSPS) is 13.5. The molecule has 0 aliphatic heterocycles. The Morgan fingerprint density at radius 3 is 2.13 bits per heavy atom. The van der Waals surface area contributed by atoms with E-state index in [9.17, 15) is 9.90 Å². The topological polar surface area (TPSA) is 74.2 Å². The van der Waals surface area contributed by atoms with Gasteiger partial charge in [-0.25, -0.2) is 4.79 Å². The van der Waals surface area contributed by atoms with E-state index in [1.807, 2.05) is 30.3 Å². The van der Waals surface area contributed by atoms with E-state index in [-0.39, 0.29) is 0 Å². The zero-order valence-corrected chi connectivity index (χ0v) is 17.8. The molecule has 0 radical (unpaired) electrons. The van der Waals surface area contributed by atoms with Crippen LogP contribution < -0.4 is 14.2 Å². The first-order chi connectivity index (χ1) is 15.0. The van der Waals surface area contributed by atoms with Gasteiger partial charge in [-0.2, -0.15) is 0 Å². The van der Waals surface area contributed by atoms with Gasteiger partial charge in [-0.15, -0.1) is 0 Å². The first kappa shape index (κ1) is 22.2. The maximum atomic E-state index is 12.6. The summed E-state index contributed by atoms with van der Waals surface area (Å²) in [5, 5.41) is 11.1. The molecular formula is C25H26O6. The number of ether oxygens (including phenoxy) is 4. The fourth-order valence-electron chi connectivity index (χ4n) is 3.15. The largest absolute Gasteiger partial charge is 0.493 e. The van der Waals surface area contributed by atoms with Crippen molar-refractivity contribution in [3.63, 3.8) is 0 Å². The van der Waals surface area contributed by atoms with Crippen LogP contribution in [0.4, 0.5) is 0 Å². The van der Waals surface area contributed by atoms with Gasteiger partial charge in [0.1, 0.15) is 18.5 Å². The van der Waals surface area contributed by atoms with E-state index in [2.05, 4.69) is 0 Å². The predicted molar refractivity (Wildman–Crippen MR) is 116 cm³/mol. The molecule has 0 aliphatic carbocycles. The number of benzene rings is 3. The van der Waals surface area contributed by atoms with Crippen LogP contribution in [0.25, 0.3) is 0 Å². The third kappa shape index (κ3) is 5.16. The number of aliphatic hydroxyl groups excluding tert-OH is 1. The monoisotopic (exact) mass is 422 g/mol. The summed E-state index contributed by atoms with van der Waals surface area (Å²) in [6.45, 7) is 1.91. The van der Waals surface area contributed by atoms with Gasteiger partial charge in [-0.3, -0.25) is 0 Å². The molecule has 3 rings (SSSR count). The highest BCUT2D eigenvalue weighted by molar-refractivity contribution is 5.80. The quantitative estimate of drug-likeness (QED) is 0.518. The van der Waals surface area contributed by atoms with Crippen molar-refractivity contribution >= 4 is 5.97 Å². The number of hydrogen-bond donors (Lipinski definition) is 1.